The molecule has 0 unspecified atom stereocenters. The molecule has 0 heterocycles. The number of ether oxygens (including phenoxy) is 1. The van der Waals surface area contributed by atoms with Crippen molar-refractivity contribution in [2.24, 2.45) is 5.92 Å². The van der Waals surface area contributed by atoms with E-state index in [2.05, 4.69) is 39.0 Å². The first-order chi connectivity index (χ1) is 15.7. The molecule has 3 nitrogen and oxygen atoms in total. The first kappa shape index (κ1) is 23.1. The molecular formula is C30H34O3. The van der Waals surface area contributed by atoms with Gasteiger partial charge in [-0.3, -0.25) is 4.79 Å². The average molecular weight is 443 g/mol. The zero-order valence-electron chi connectivity index (χ0n) is 20.6. The topological polar surface area (TPSA) is 46.5 Å². The quantitative estimate of drug-likeness (QED) is 0.283. The van der Waals surface area contributed by atoms with Gasteiger partial charge in [0.05, 0.1) is 5.56 Å². The van der Waals surface area contributed by atoms with Crippen molar-refractivity contribution in [3.8, 4) is 17.2 Å². The molecule has 0 saturated heterocycles. The molecule has 172 valence electrons. The molecule has 0 saturated carbocycles. The number of fused-ring (bicyclic) bond motifs is 1. The lowest BCUT2D eigenvalue weighted by molar-refractivity contribution is 0.0986. The maximum atomic E-state index is 12.8. The molecule has 3 aromatic carbocycles. The molecule has 3 heteroatoms. The van der Waals surface area contributed by atoms with E-state index in [-0.39, 0.29) is 11.7 Å². The van der Waals surface area contributed by atoms with Gasteiger partial charge in [-0.1, -0.05) is 56.7 Å². The summed E-state index contributed by atoms with van der Waals surface area (Å²) in [7, 11) is 0. The normalized spacial score (nSPS) is 14.3. The number of aromatic hydroxyl groups is 1. The zero-order chi connectivity index (χ0) is 23.9. The Hall–Kier alpha value is -3.07. The van der Waals surface area contributed by atoms with Crippen LogP contribution in [0.15, 0.2) is 42.5 Å². The van der Waals surface area contributed by atoms with Gasteiger partial charge in [-0.2, -0.15) is 0 Å². The largest absolute Gasteiger partial charge is 0.508 e. The number of carbonyl (C=O) groups is 1. The van der Waals surface area contributed by atoms with Gasteiger partial charge in [-0.25, -0.2) is 0 Å². The second kappa shape index (κ2) is 9.05. The third-order valence-corrected chi connectivity index (χ3v) is 6.61. The second-order valence-electron chi connectivity index (χ2n) is 9.81. The lowest BCUT2D eigenvalue weighted by Gasteiger charge is -2.15. The Bertz CT molecular complexity index is 1200. The molecule has 0 bridgehead atoms. The van der Waals surface area contributed by atoms with Crippen LogP contribution in [0.3, 0.4) is 0 Å². The van der Waals surface area contributed by atoms with Crippen molar-refractivity contribution in [1.82, 2.24) is 0 Å². The van der Waals surface area contributed by atoms with Crippen molar-refractivity contribution >= 4 is 5.78 Å². The van der Waals surface area contributed by atoms with E-state index in [9.17, 15) is 9.90 Å². The molecule has 3 aromatic rings. The number of phenols is 1. The van der Waals surface area contributed by atoms with Gasteiger partial charge in [0.1, 0.15) is 17.2 Å². The van der Waals surface area contributed by atoms with Gasteiger partial charge in [-0.05, 0) is 79.5 Å². The van der Waals surface area contributed by atoms with Crippen LogP contribution in [0.5, 0.6) is 17.2 Å². The number of Topliss-reactive ketones (excluding diaryl/α,β-unsaturated/α-hetero) is 1. The Balaban J connectivity index is 1.72. The highest BCUT2D eigenvalue weighted by atomic mass is 16.5. The monoisotopic (exact) mass is 442 g/mol. The minimum absolute atomic E-state index is 0.0505. The van der Waals surface area contributed by atoms with Gasteiger partial charge in [0.15, 0.2) is 5.78 Å². The molecule has 4 rings (SSSR count). The highest BCUT2D eigenvalue weighted by molar-refractivity contribution is 6.00. The molecule has 33 heavy (non-hydrogen) atoms. The number of carbonyl (C=O) groups excluding carboxylic acids is 1. The van der Waals surface area contributed by atoms with Crippen molar-refractivity contribution in [2.75, 3.05) is 0 Å². The summed E-state index contributed by atoms with van der Waals surface area (Å²) >= 11 is 0. The zero-order valence-corrected chi connectivity index (χ0v) is 20.6. The molecule has 1 atom stereocenters. The van der Waals surface area contributed by atoms with Crippen LogP contribution in [-0.2, 0) is 6.42 Å². The van der Waals surface area contributed by atoms with Crippen LogP contribution in [0.1, 0.15) is 88.8 Å². The molecule has 1 aliphatic rings. The third-order valence-electron chi connectivity index (χ3n) is 6.61. The number of benzene rings is 3. The standard InChI is InChI=1S/C30H34O3/c1-7-25(31)23-12-13-24-27(22-11-10-21(26(32)16-22)9-8-17(2)3)28(24)30(23)33-29-19(5)14-18(4)15-20(29)6/h10-17,27,32H,7-9H2,1-6H3/t27-/m1/s1. The first-order valence-electron chi connectivity index (χ1n) is 12.0. The van der Waals surface area contributed by atoms with Crippen LogP contribution in [0.4, 0.5) is 0 Å². The molecule has 1 aliphatic carbocycles. The molecule has 1 N–H and O–H groups in total. The summed E-state index contributed by atoms with van der Waals surface area (Å²) in [4.78, 5) is 12.8. The van der Waals surface area contributed by atoms with E-state index in [4.69, 9.17) is 4.74 Å². The Morgan fingerprint density at radius 1 is 1.00 bits per heavy atom. The van der Waals surface area contributed by atoms with Crippen LogP contribution in [0.2, 0.25) is 0 Å². The molecule has 0 fully saturated rings. The highest BCUT2D eigenvalue weighted by Gasteiger charge is 2.40. The Morgan fingerprint density at radius 3 is 2.30 bits per heavy atom. The van der Waals surface area contributed by atoms with Crippen molar-refractivity contribution in [3.63, 3.8) is 0 Å². The number of hydrogen-bond donors (Lipinski definition) is 1. The van der Waals surface area contributed by atoms with Crippen LogP contribution in [0.25, 0.3) is 0 Å². The summed E-state index contributed by atoms with van der Waals surface area (Å²) in [5.41, 5.74) is 8.19. The fourth-order valence-electron chi connectivity index (χ4n) is 4.79. The number of aryl methyl sites for hydroxylation is 4. The molecular weight excluding hydrogens is 408 g/mol. The predicted octanol–water partition coefficient (Wildman–Crippen LogP) is 7.78. The van der Waals surface area contributed by atoms with E-state index < -0.39 is 0 Å². The van der Waals surface area contributed by atoms with E-state index in [1.165, 1.54) is 5.56 Å². The summed E-state index contributed by atoms with van der Waals surface area (Å²) in [6.07, 6.45) is 2.35. The van der Waals surface area contributed by atoms with Crippen molar-refractivity contribution in [1.29, 1.82) is 0 Å². The van der Waals surface area contributed by atoms with Gasteiger partial charge >= 0.3 is 0 Å². The smallest absolute Gasteiger partial charge is 0.166 e. The lowest BCUT2D eigenvalue weighted by Crippen LogP contribution is -2.02. The van der Waals surface area contributed by atoms with Gasteiger partial charge in [0, 0.05) is 17.9 Å². The number of hydrogen-bond acceptors (Lipinski definition) is 3. The molecule has 0 aromatic heterocycles. The van der Waals surface area contributed by atoms with Gasteiger partial charge in [0.2, 0.25) is 0 Å². The maximum absolute atomic E-state index is 12.8. The average Bonchev–Trinajstić information content (AvgIpc) is 3.49. The van der Waals surface area contributed by atoms with Crippen LogP contribution in [0, 0.1) is 26.7 Å². The van der Waals surface area contributed by atoms with E-state index in [1.807, 2.05) is 45.0 Å². The number of rotatable bonds is 8. The maximum Gasteiger partial charge on any atom is 0.166 e. The van der Waals surface area contributed by atoms with E-state index >= 15 is 0 Å². The second-order valence-corrected chi connectivity index (χ2v) is 9.81. The Labute approximate surface area is 197 Å². The molecule has 0 amide bonds. The SMILES string of the molecule is CCC(=O)c1ccc2c(c1Oc1c(C)cc(C)cc1C)[C@@H]2c1ccc(CCC(C)C)c(O)c1. The lowest BCUT2D eigenvalue weighted by atomic mass is 9.99. The summed E-state index contributed by atoms with van der Waals surface area (Å²) < 4.78 is 6.52. The minimum atomic E-state index is 0.0505. The summed E-state index contributed by atoms with van der Waals surface area (Å²) in [6.45, 7) is 12.4. The summed E-state index contributed by atoms with van der Waals surface area (Å²) in [6, 6.07) is 14.2. The predicted molar refractivity (Wildman–Crippen MR) is 134 cm³/mol. The fourth-order valence-corrected chi connectivity index (χ4v) is 4.79. The third kappa shape index (κ3) is 4.55. The van der Waals surface area contributed by atoms with Gasteiger partial charge in [-0.15, -0.1) is 0 Å². The highest BCUT2D eigenvalue weighted by Crippen LogP contribution is 2.56. The van der Waals surface area contributed by atoms with Crippen LogP contribution >= 0.6 is 0 Å². The van der Waals surface area contributed by atoms with Crippen molar-refractivity contribution in [2.45, 2.75) is 66.7 Å². The van der Waals surface area contributed by atoms with Crippen molar-refractivity contribution in [3.05, 3.63) is 87.0 Å². The van der Waals surface area contributed by atoms with Crippen LogP contribution < -0.4 is 4.74 Å². The van der Waals surface area contributed by atoms with E-state index in [1.54, 1.807) is 0 Å². The Kier molecular flexibility index (Phi) is 6.34. The number of phenolic OH excluding ortho intramolecular Hbond substituents is 1. The molecule has 0 aliphatic heterocycles. The molecule has 0 radical (unpaired) electrons. The van der Waals surface area contributed by atoms with Gasteiger partial charge < -0.3 is 9.84 Å². The van der Waals surface area contributed by atoms with Gasteiger partial charge in [0.25, 0.3) is 0 Å². The Morgan fingerprint density at radius 2 is 1.70 bits per heavy atom. The van der Waals surface area contributed by atoms with Crippen molar-refractivity contribution < 1.29 is 14.6 Å². The van der Waals surface area contributed by atoms with Crippen LogP contribution in [-0.4, -0.2) is 10.9 Å². The number of ketones is 1. The first-order valence-corrected chi connectivity index (χ1v) is 12.0. The van der Waals surface area contributed by atoms with E-state index in [0.717, 1.165) is 52.0 Å². The molecule has 0 spiro atoms. The summed E-state index contributed by atoms with van der Waals surface area (Å²) in [5, 5.41) is 10.7. The minimum Gasteiger partial charge on any atom is -0.508 e. The van der Waals surface area contributed by atoms with E-state index in [0.29, 0.717) is 29.4 Å². The fraction of sp³-hybridized carbons (Fsp3) is 0.367. The summed E-state index contributed by atoms with van der Waals surface area (Å²) in [5.74, 6) is 2.56.